The molecule has 2 bridgehead atoms. The van der Waals surface area contributed by atoms with Crippen molar-refractivity contribution in [1.82, 2.24) is 0 Å². The van der Waals surface area contributed by atoms with Gasteiger partial charge in [-0.2, -0.15) is 0 Å². The van der Waals surface area contributed by atoms with Crippen molar-refractivity contribution in [3.05, 3.63) is 34.9 Å². The molecule has 2 N–H and O–H groups in total. The molecule has 0 aliphatic heterocycles. The highest BCUT2D eigenvalue weighted by Gasteiger charge is 2.66. The van der Waals surface area contributed by atoms with Gasteiger partial charge >= 0.3 is 0 Å². The highest BCUT2D eigenvalue weighted by Crippen LogP contribution is 2.66. The minimum absolute atomic E-state index is 0.218. The lowest BCUT2D eigenvalue weighted by Gasteiger charge is -2.69. The Hall–Kier alpha value is -0.820. The topological polar surface area (TPSA) is 26.0 Å². The minimum atomic E-state index is 0.218. The van der Waals surface area contributed by atoms with Crippen molar-refractivity contribution in [3.8, 4) is 0 Å². The number of hydrogen-bond donors (Lipinski definition) is 1. The van der Waals surface area contributed by atoms with Crippen molar-refractivity contribution in [1.29, 1.82) is 0 Å². The third-order valence-corrected chi connectivity index (χ3v) is 4.04. The normalized spacial score (nSPS) is 38.8. The maximum atomic E-state index is 6.10. The molecule has 0 heterocycles. The van der Waals surface area contributed by atoms with E-state index in [1.165, 1.54) is 30.4 Å². The first-order valence-electron chi connectivity index (χ1n) is 5.40. The monoisotopic (exact) mass is 187 g/mol. The SMILES string of the molecule is Cc1ccc(C)c(C23CC(N)(C2)C3)c1. The molecule has 3 fully saturated rings. The number of hydrogen-bond acceptors (Lipinski definition) is 1. The molecule has 14 heavy (non-hydrogen) atoms. The van der Waals surface area contributed by atoms with Gasteiger partial charge in [0, 0.05) is 11.0 Å². The van der Waals surface area contributed by atoms with Gasteiger partial charge in [-0.05, 0) is 44.2 Å². The van der Waals surface area contributed by atoms with Gasteiger partial charge in [-0.15, -0.1) is 0 Å². The van der Waals surface area contributed by atoms with Crippen LogP contribution in [0.3, 0.4) is 0 Å². The first kappa shape index (κ1) is 8.49. The van der Waals surface area contributed by atoms with Gasteiger partial charge < -0.3 is 5.73 Å². The average molecular weight is 187 g/mol. The van der Waals surface area contributed by atoms with Crippen LogP contribution in [0.4, 0.5) is 0 Å². The Labute approximate surface area is 85.3 Å². The third-order valence-electron chi connectivity index (χ3n) is 4.04. The summed E-state index contributed by atoms with van der Waals surface area (Å²) >= 11 is 0. The zero-order valence-corrected chi connectivity index (χ0v) is 8.93. The van der Waals surface area contributed by atoms with Crippen molar-refractivity contribution >= 4 is 0 Å². The van der Waals surface area contributed by atoms with E-state index in [2.05, 4.69) is 32.0 Å². The van der Waals surface area contributed by atoms with Crippen LogP contribution in [0.1, 0.15) is 36.0 Å². The van der Waals surface area contributed by atoms with E-state index < -0.39 is 0 Å². The van der Waals surface area contributed by atoms with Gasteiger partial charge in [0.15, 0.2) is 0 Å². The predicted molar refractivity (Wildman–Crippen MR) is 58.4 cm³/mol. The molecular weight excluding hydrogens is 170 g/mol. The zero-order valence-electron chi connectivity index (χ0n) is 8.93. The van der Waals surface area contributed by atoms with Crippen LogP contribution in [0.15, 0.2) is 18.2 Å². The molecule has 74 valence electrons. The van der Waals surface area contributed by atoms with Crippen molar-refractivity contribution < 1.29 is 0 Å². The first-order chi connectivity index (χ1) is 6.53. The Kier molecular flexibility index (Phi) is 1.35. The summed E-state index contributed by atoms with van der Waals surface area (Å²) in [6, 6.07) is 6.80. The van der Waals surface area contributed by atoms with E-state index in [-0.39, 0.29) is 5.54 Å². The summed E-state index contributed by atoms with van der Waals surface area (Å²) < 4.78 is 0. The standard InChI is InChI=1S/C13H17N/c1-9-3-4-10(2)11(5-9)12-6-13(14,7-12)8-12/h3-5H,6-8,14H2,1-2H3. The van der Waals surface area contributed by atoms with Crippen molar-refractivity contribution in [3.63, 3.8) is 0 Å². The molecule has 0 atom stereocenters. The number of benzene rings is 1. The van der Waals surface area contributed by atoms with Gasteiger partial charge in [0.05, 0.1) is 0 Å². The van der Waals surface area contributed by atoms with Gasteiger partial charge in [-0.25, -0.2) is 0 Å². The molecule has 0 saturated heterocycles. The van der Waals surface area contributed by atoms with E-state index in [1.807, 2.05) is 0 Å². The summed E-state index contributed by atoms with van der Waals surface area (Å²) in [5.41, 5.74) is 11.2. The second-order valence-corrected chi connectivity index (χ2v) is 5.49. The van der Waals surface area contributed by atoms with E-state index in [4.69, 9.17) is 5.73 Å². The Balaban J connectivity index is 2.01. The lowest BCUT2D eigenvalue weighted by molar-refractivity contribution is -0.0594. The Bertz CT molecular complexity index is 386. The van der Waals surface area contributed by atoms with E-state index in [1.54, 1.807) is 5.56 Å². The second-order valence-electron chi connectivity index (χ2n) is 5.49. The van der Waals surface area contributed by atoms with Crippen molar-refractivity contribution in [2.24, 2.45) is 5.73 Å². The maximum Gasteiger partial charge on any atom is 0.0179 e. The van der Waals surface area contributed by atoms with E-state index >= 15 is 0 Å². The van der Waals surface area contributed by atoms with Gasteiger partial charge in [0.25, 0.3) is 0 Å². The van der Waals surface area contributed by atoms with Crippen LogP contribution in [0, 0.1) is 13.8 Å². The molecule has 0 spiro atoms. The minimum Gasteiger partial charge on any atom is -0.325 e. The molecule has 0 amide bonds. The molecule has 3 aliphatic rings. The summed E-state index contributed by atoms with van der Waals surface area (Å²) in [6.45, 7) is 4.39. The van der Waals surface area contributed by atoms with E-state index in [9.17, 15) is 0 Å². The fourth-order valence-corrected chi connectivity index (χ4v) is 3.46. The highest BCUT2D eigenvalue weighted by atomic mass is 14.9. The highest BCUT2D eigenvalue weighted by molar-refractivity contribution is 5.46. The van der Waals surface area contributed by atoms with Crippen LogP contribution in [-0.4, -0.2) is 5.54 Å². The summed E-state index contributed by atoms with van der Waals surface area (Å²) in [6.07, 6.45) is 3.64. The van der Waals surface area contributed by atoms with Gasteiger partial charge in [0.1, 0.15) is 0 Å². The van der Waals surface area contributed by atoms with Crippen molar-refractivity contribution in [2.75, 3.05) is 0 Å². The number of aryl methyl sites for hydroxylation is 2. The Morgan fingerprint density at radius 1 is 1.14 bits per heavy atom. The fraction of sp³-hybridized carbons (Fsp3) is 0.538. The van der Waals surface area contributed by atoms with Crippen LogP contribution in [0.5, 0.6) is 0 Å². The van der Waals surface area contributed by atoms with E-state index in [0.29, 0.717) is 5.41 Å². The summed E-state index contributed by atoms with van der Waals surface area (Å²) in [4.78, 5) is 0. The Morgan fingerprint density at radius 2 is 1.79 bits per heavy atom. The smallest absolute Gasteiger partial charge is 0.0179 e. The van der Waals surface area contributed by atoms with Crippen LogP contribution in [0.2, 0.25) is 0 Å². The molecule has 3 saturated carbocycles. The maximum absolute atomic E-state index is 6.10. The summed E-state index contributed by atoms with van der Waals surface area (Å²) in [5.74, 6) is 0. The molecule has 1 aromatic rings. The Morgan fingerprint density at radius 3 is 2.36 bits per heavy atom. The van der Waals surface area contributed by atoms with Crippen LogP contribution in [-0.2, 0) is 5.41 Å². The number of nitrogens with two attached hydrogens (primary N) is 1. The quantitative estimate of drug-likeness (QED) is 0.718. The lowest BCUT2D eigenvalue weighted by atomic mass is 9.37. The third kappa shape index (κ3) is 0.885. The second kappa shape index (κ2) is 2.22. The lowest BCUT2D eigenvalue weighted by Crippen LogP contribution is -2.74. The van der Waals surface area contributed by atoms with Gasteiger partial charge in [-0.1, -0.05) is 23.8 Å². The molecule has 3 aliphatic carbocycles. The van der Waals surface area contributed by atoms with Crippen LogP contribution in [0.25, 0.3) is 0 Å². The predicted octanol–water partition coefficient (Wildman–Crippen LogP) is 2.44. The largest absolute Gasteiger partial charge is 0.325 e. The molecule has 1 nitrogen and oxygen atoms in total. The zero-order chi connectivity index (χ0) is 9.97. The number of rotatable bonds is 1. The van der Waals surface area contributed by atoms with Crippen LogP contribution >= 0.6 is 0 Å². The molecule has 0 aromatic heterocycles. The van der Waals surface area contributed by atoms with Gasteiger partial charge in [-0.3, -0.25) is 0 Å². The molecule has 0 unspecified atom stereocenters. The molecule has 1 aromatic carbocycles. The summed E-state index contributed by atoms with van der Waals surface area (Å²) in [7, 11) is 0. The molecule has 4 rings (SSSR count). The fourth-order valence-electron chi connectivity index (χ4n) is 3.46. The first-order valence-corrected chi connectivity index (χ1v) is 5.40. The summed E-state index contributed by atoms with van der Waals surface area (Å²) in [5, 5.41) is 0. The molecule has 1 heteroatoms. The van der Waals surface area contributed by atoms with E-state index in [0.717, 1.165) is 0 Å². The van der Waals surface area contributed by atoms with Crippen molar-refractivity contribution in [2.45, 2.75) is 44.1 Å². The molecule has 0 radical (unpaired) electrons. The van der Waals surface area contributed by atoms with Crippen LogP contribution < -0.4 is 5.73 Å². The molecular formula is C13H17N. The van der Waals surface area contributed by atoms with Gasteiger partial charge in [0.2, 0.25) is 0 Å². The average Bonchev–Trinajstić information content (AvgIpc) is 2.02.